The first-order valence-electron chi connectivity index (χ1n) is 3.67. The number of rotatable bonds is 3. The normalized spacial score (nSPS) is 8.92. The Balaban J connectivity index is 2.80. The molecule has 0 saturated carbocycles. The van der Waals surface area contributed by atoms with Crippen LogP contribution in [0.25, 0.3) is 0 Å². The van der Waals surface area contributed by atoms with E-state index in [-0.39, 0.29) is 12.0 Å². The third-order valence-corrected chi connectivity index (χ3v) is 1.50. The van der Waals surface area contributed by atoms with Crippen LogP contribution >= 0.6 is 0 Å². The molecule has 0 saturated heterocycles. The quantitative estimate of drug-likeness (QED) is 0.515. The van der Waals surface area contributed by atoms with Gasteiger partial charge in [-0.25, -0.2) is 4.79 Å². The van der Waals surface area contributed by atoms with E-state index in [9.17, 15) is 9.59 Å². The van der Waals surface area contributed by atoms with Gasteiger partial charge in [0.05, 0.1) is 0 Å². The first-order valence-corrected chi connectivity index (χ1v) is 3.67. The highest BCUT2D eigenvalue weighted by Gasteiger charge is 2.07. The molecule has 1 amide bonds. The van der Waals surface area contributed by atoms with Gasteiger partial charge in [0, 0.05) is 18.3 Å². The van der Waals surface area contributed by atoms with Gasteiger partial charge in [-0.05, 0) is 12.1 Å². The second kappa shape index (κ2) is 4.18. The maximum absolute atomic E-state index is 10.6. The van der Waals surface area contributed by atoms with Crippen molar-refractivity contribution in [1.82, 2.24) is 4.98 Å². The molecule has 2 N–H and O–H groups in total. The maximum atomic E-state index is 10.6. The van der Waals surface area contributed by atoms with Crippen LogP contribution in [0.3, 0.4) is 0 Å². The Morgan fingerprint density at radius 3 is 2.77 bits per heavy atom. The van der Waals surface area contributed by atoms with Gasteiger partial charge in [-0.1, -0.05) is 6.07 Å². The predicted molar refractivity (Wildman–Crippen MR) is 46.3 cm³/mol. The van der Waals surface area contributed by atoms with Gasteiger partial charge in [0.1, 0.15) is 11.5 Å². The van der Waals surface area contributed by atoms with Crippen LogP contribution in [0.4, 0.5) is 0 Å². The van der Waals surface area contributed by atoms with Crippen LogP contribution in [-0.2, 0) is 16.0 Å². The fraction of sp³-hybridized carbons (Fsp3) is 0.111. The SMILES string of the molecule is NC(=O)C(=C=O)Cc1ccccn1. The molecule has 0 aromatic carbocycles. The number of nitrogens with zero attached hydrogens (tertiary/aromatic N) is 1. The van der Waals surface area contributed by atoms with Crippen LogP contribution in [0.1, 0.15) is 5.69 Å². The molecule has 0 bridgehead atoms. The van der Waals surface area contributed by atoms with E-state index in [2.05, 4.69) is 4.98 Å². The standard InChI is InChI=1S/C9H8N2O2/c10-9(13)7(6-12)5-8-3-1-2-4-11-8/h1-4H,5H2,(H2,10,13). The molecule has 13 heavy (non-hydrogen) atoms. The fourth-order valence-electron chi connectivity index (χ4n) is 0.857. The summed E-state index contributed by atoms with van der Waals surface area (Å²) in [6.07, 6.45) is 1.72. The van der Waals surface area contributed by atoms with Crippen LogP contribution in [0, 0.1) is 0 Å². The number of hydrogen-bond donors (Lipinski definition) is 1. The summed E-state index contributed by atoms with van der Waals surface area (Å²) < 4.78 is 0. The van der Waals surface area contributed by atoms with Crippen molar-refractivity contribution in [3.63, 3.8) is 0 Å². The first-order chi connectivity index (χ1) is 6.24. The lowest BCUT2D eigenvalue weighted by Gasteiger charge is -1.97. The molecule has 0 aliphatic heterocycles. The van der Waals surface area contributed by atoms with Crippen LogP contribution in [0.15, 0.2) is 30.0 Å². The lowest BCUT2D eigenvalue weighted by molar-refractivity contribution is -0.114. The van der Waals surface area contributed by atoms with E-state index in [1.807, 2.05) is 0 Å². The Morgan fingerprint density at radius 1 is 1.54 bits per heavy atom. The van der Waals surface area contributed by atoms with Crippen molar-refractivity contribution in [1.29, 1.82) is 0 Å². The minimum Gasteiger partial charge on any atom is -0.365 e. The molecule has 0 aliphatic carbocycles. The topological polar surface area (TPSA) is 73.1 Å². The molecule has 0 fully saturated rings. The lowest BCUT2D eigenvalue weighted by Crippen LogP contribution is -2.16. The summed E-state index contributed by atoms with van der Waals surface area (Å²) in [7, 11) is 0. The largest absolute Gasteiger partial charge is 0.365 e. The third-order valence-electron chi connectivity index (χ3n) is 1.50. The second-order valence-electron chi connectivity index (χ2n) is 2.44. The molecule has 1 aromatic heterocycles. The highest BCUT2D eigenvalue weighted by atomic mass is 16.1. The van der Waals surface area contributed by atoms with Crippen molar-refractivity contribution >= 4 is 11.8 Å². The summed E-state index contributed by atoms with van der Waals surface area (Å²) in [4.78, 5) is 24.8. The van der Waals surface area contributed by atoms with Gasteiger partial charge >= 0.3 is 0 Å². The molecule has 0 atom stereocenters. The Morgan fingerprint density at radius 2 is 2.31 bits per heavy atom. The van der Waals surface area contributed by atoms with Crippen LogP contribution in [0.5, 0.6) is 0 Å². The summed E-state index contributed by atoms with van der Waals surface area (Å²) in [5, 5.41) is 0. The van der Waals surface area contributed by atoms with Gasteiger partial charge in [-0.3, -0.25) is 9.78 Å². The smallest absolute Gasteiger partial charge is 0.256 e. The minimum absolute atomic E-state index is 0.0845. The van der Waals surface area contributed by atoms with Gasteiger partial charge < -0.3 is 5.73 Å². The zero-order valence-corrected chi connectivity index (χ0v) is 6.86. The van der Waals surface area contributed by atoms with Crippen LogP contribution in [-0.4, -0.2) is 16.8 Å². The molecular formula is C9H8N2O2. The van der Waals surface area contributed by atoms with E-state index < -0.39 is 5.91 Å². The lowest BCUT2D eigenvalue weighted by atomic mass is 10.1. The maximum Gasteiger partial charge on any atom is 0.256 e. The van der Waals surface area contributed by atoms with Gasteiger partial charge in [0.25, 0.3) is 5.91 Å². The third kappa shape index (κ3) is 2.54. The molecule has 4 nitrogen and oxygen atoms in total. The van der Waals surface area contributed by atoms with Crippen molar-refractivity contribution in [3.8, 4) is 0 Å². The van der Waals surface area contributed by atoms with E-state index in [1.54, 1.807) is 24.4 Å². The summed E-state index contributed by atoms with van der Waals surface area (Å²) in [5.41, 5.74) is 5.47. The molecular weight excluding hydrogens is 168 g/mol. The van der Waals surface area contributed by atoms with E-state index in [0.29, 0.717) is 5.69 Å². The summed E-state index contributed by atoms with van der Waals surface area (Å²) in [6, 6.07) is 5.23. The number of hydrogen-bond acceptors (Lipinski definition) is 3. The van der Waals surface area contributed by atoms with Gasteiger partial charge in [-0.15, -0.1) is 0 Å². The van der Waals surface area contributed by atoms with E-state index in [0.717, 1.165) is 0 Å². The van der Waals surface area contributed by atoms with E-state index in [1.165, 1.54) is 5.94 Å². The molecule has 0 radical (unpaired) electrons. The van der Waals surface area contributed by atoms with Gasteiger partial charge in [0.15, 0.2) is 0 Å². The molecule has 0 unspecified atom stereocenters. The van der Waals surface area contributed by atoms with Crippen molar-refractivity contribution in [2.45, 2.75) is 6.42 Å². The fourth-order valence-corrected chi connectivity index (χ4v) is 0.857. The number of amides is 1. The monoisotopic (exact) mass is 176 g/mol. The zero-order chi connectivity index (χ0) is 9.68. The molecule has 1 heterocycles. The average Bonchev–Trinajstić information content (AvgIpc) is 2.15. The number of pyridine rings is 1. The summed E-state index contributed by atoms with van der Waals surface area (Å²) in [6.45, 7) is 0. The highest BCUT2D eigenvalue weighted by molar-refractivity contribution is 5.99. The molecule has 1 aromatic rings. The molecule has 4 heteroatoms. The van der Waals surface area contributed by atoms with E-state index in [4.69, 9.17) is 5.73 Å². The Hall–Kier alpha value is -1.93. The second-order valence-corrected chi connectivity index (χ2v) is 2.44. The molecule has 66 valence electrons. The van der Waals surface area contributed by atoms with Gasteiger partial charge in [0.2, 0.25) is 0 Å². The number of carbonyl (C=O) groups is 1. The Bertz CT molecular complexity index is 353. The molecule has 1 rings (SSSR count). The predicted octanol–water partition coefficient (Wildman–Crippen LogP) is -0.133. The summed E-state index contributed by atoms with van der Waals surface area (Å²) >= 11 is 0. The molecule has 0 aliphatic rings. The molecule has 0 spiro atoms. The van der Waals surface area contributed by atoms with Gasteiger partial charge in [-0.2, -0.15) is 0 Å². The highest BCUT2D eigenvalue weighted by Crippen LogP contribution is 2.00. The zero-order valence-electron chi connectivity index (χ0n) is 6.86. The van der Waals surface area contributed by atoms with Crippen molar-refractivity contribution in [2.24, 2.45) is 5.73 Å². The average molecular weight is 176 g/mol. The number of nitrogens with two attached hydrogens (primary N) is 1. The Labute approximate surface area is 75.1 Å². The van der Waals surface area contributed by atoms with Crippen molar-refractivity contribution in [2.75, 3.05) is 0 Å². The Kier molecular flexibility index (Phi) is 2.95. The van der Waals surface area contributed by atoms with Crippen molar-refractivity contribution < 1.29 is 9.59 Å². The number of carbonyl (C=O) groups excluding carboxylic acids is 2. The van der Waals surface area contributed by atoms with E-state index >= 15 is 0 Å². The number of primary amides is 1. The van der Waals surface area contributed by atoms with Crippen LogP contribution in [0.2, 0.25) is 0 Å². The minimum atomic E-state index is -0.749. The first kappa shape index (κ1) is 9.16. The van der Waals surface area contributed by atoms with Crippen LogP contribution < -0.4 is 5.73 Å². The number of aromatic nitrogens is 1. The van der Waals surface area contributed by atoms with Crippen molar-refractivity contribution in [3.05, 3.63) is 35.7 Å². The summed E-state index contributed by atoms with van der Waals surface area (Å²) in [5.74, 6) is 0.753.